The van der Waals surface area contributed by atoms with Crippen molar-refractivity contribution in [2.24, 2.45) is 5.92 Å². The predicted octanol–water partition coefficient (Wildman–Crippen LogP) is 3.26. The molecule has 7 nitrogen and oxygen atoms in total. The van der Waals surface area contributed by atoms with Crippen molar-refractivity contribution >= 4 is 33.1 Å². The molecule has 1 N–H and O–H groups in total. The van der Waals surface area contributed by atoms with Crippen LogP contribution in [-0.2, 0) is 14.8 Å². The van der Waals surface area contributed by atoms with E-state index in [-0.39, 0.29) is 24.4 Å². The van der Waals surface area contributed by atoms with Gasteiger partial charge in [-0.15, -0.1) is 11.3 Å². The molecule has 3 heterocycles. The van der Waals surface area contributed by atoms with Crippen molar-refractivity contribution in [2.75, 3.05) is 18.4 Å². The maximum Gasteiger partial charge on any atom is 0.252 e. The largest absolute Gasteiger partial charge is 0.311 e. The summed E-state index contributed by atoms with van der Waals surface area (Å²) in [5.74, 6) is 0.139. The summed E-state index contributed by atoms with van der Waals surface area (Å²) >= 11 is 1.27. The lowest BCUT2D eigenvalue weighted by atomic mass is 9.99. The molecule has 0 bridgehead atoms. The molecular weight excluding hydrogens is 384 g/mol. The Labute approximate surface area is 164 Å². The number of aryl methyl sites for hydroxylation is 1. The van der Waals surface area contributed by atoms with Gasteiger partial charge in [0.2, 0.25) is 5.91 Å². The Kier molecular flexibility index (Phi) is 6.02. The summed E-state index contributed by atoms with van der Waals surface area (Å²) in [5, 5.41) is 7.21. The lowest BCUT2D eigenvalue weighted by Crippen LogP contribution is -2.43. The number of sulfonamides is 1. The van der Waals surface area contributed by atoms with Gasteiger partial charge in [0.1, 0.15) is 10.0 Å². The van der Waals surface area contributed by atoms with Crippen LogP contribution in [0.3, 0.4) is 0 Å². The highest BCUT2D eigenvalue weighted by Crippen LogP contribution is 2.29. The third-order valence-electron chi connectivity index (χ3n) is 4.99. The number of amides is 1. The number of nitrogens with zero attached hydrogens (tertiary/aromatic N) is 3. The van der Waals surface area contributed by atoms with Crippen molar-refractivity contribution in [3.63, 3.8) is 0 Å². The van der Waals surface area contributed by atoms with Gasteiger partial charge in [0.25, 0.3) is 10.0 Å². The quantitative estimate of drug-likeness (QED) is 0.792. The molecule has 1 saturated heterocycles. The first-order valence-corrected chi connectivity index (χ1v) is 11.5. The summed E-state index contributed by atoms with van der Waals surface area (Å²) in [6.07, 6.45) is 3.92. The number of hydrogen-bond donors (Lipinski definition) is 1. The third kappa shape index (κ3) is 4.25. The van der Waals surface area contributed by atoms with E-state index in [1.54, 1.807) is 23.0 Å². The molecule has 0 saturated carbocycles. The summed E-state index contributed by atoms with van der Waals surface area (Å²) in [6.45, 7) is 6.65. The van der Waals surface area contributed by atoms with Crippen LogP contribution in [0, 0.1) is 12.8 Å². The van der Waals surface area contributed by atoms with E-state index in [1.165, 1.54) is 15.6 Å². The first-order valence-electron chi connectivity index (χ1n) is 9.24. The summed E-state index contributed by atoms with van der Waals surface area (Å²) in [4.78, 5) is 13.7. The Morgan fingerprint density at radius 3 is 2.85 bits per heavy atom. The van der Waals surface area contributed by atoms with E-state index < -0.39 is 10.0 Å². The highest BCUT2D eigenvalue weighted by atomic mass is 32.2. The molecule has 27 heavy (non-hydrogen) atoms. The summed E-state index contributed by atoms with van der Waals surface area (Å²) in [6, 6.07) is 5.40. The van der Waals surface area contributed by atoms with Gasteiger partial charge in [0, 0.05) is 24.0 Å². The van der Waals surface area contributed by atoms with E-state index in [0.29, 0.717) is 29.4 Å². The molecule has 2 aromatic heterocycles. The Morgan fingerprint density at radius 2 is 2.19 bits per heavy atom. The number of carbonyl (C=O) groups excluding carboxylic acids is 1. The SMILES string of the molecule is CCC(C)n1nccc1NC(=O)C1CCCN(S(=O)(=O)c2ccc(C)s2)C1. The molecular formula is C18H26N4O3S2. The highest BCUT2D eigenvalue weighted by molar-refractivity contribution is 7.91. The van der Waals surface area contributed by atoms with Gasteiger partial charge in [0.15, 0.2) is 0 Å². The monoisotopic (exact) mass is 410 g/mol. The zero-order chi connectivity index (χ0) is 19.6. The van der Waals surface area contributed by atoms with Crippen LogP contribution in [-0.4, -0.2) is 41.5 Å². The van der Waals surface area contributed by atoms with Gasteiger partial charge in [-0.1, -0.05) is 6.92 Å². The molecule has 3 rings (SSSR count). The first kappa shape index (κ1) is 20.0. The molecule has 1 aliphatic rings. The first-order chi connectivity index (χ1) is 12.8. The lowest BCUT2D eigenvalue weighted by Gasteiger charge is -2.30. The molecule has 2 atom stereocenters. The number of carbonyl (C=O) groups is 1. The minimum atomic E-state index is -3.54. The maximum atomic E-state index is 12.9. The molecule has 0 spiro atoms. The topological polar surface area (TPSA) is 84.3 Å². The van der Waals surface area contributed by atoms with Crippen LogP contribution in [0.25, 0.3) is 0 Å². The fraction of sp³-hybridized carbons (Fsp3) is 0.556. The van der Waals surface area contributed by atoms with Crippen LogP contribution in [0.4, 0.5) is 5.82 Å². The molecule has 1 fully saturated rings. The van der Waals surface area contributed by atoms with Gasteiger partial charge < -0.3 is 5.32 Å². The van der Waals surface area contributed by atoms with Gasteiger partial charge in [-0.2, -0.15) is 9.40 Å². The van der Waals surface area contributed by atoms with E-state index in [4.69, 9.17) is 0 Å². The number of anilines is 1. The Balaban J connectivity index is 1.71. The third-order valence-corrected chi connectivity index (χ3v) is 8.33. The van der Waals surface area contributed by atoms with Crippen molar-refractivity contribution in [1.82, 2.24) is 14.1 Å². The summed E-state index contributed by atoms with van der Waals surface area (Å²) in [7, 11) is -3.54. The molecule has 148 valence electrons. The molecule has 0 radical (unpaired) electrons. The predicted molar refractivity (Wildman–Crippen MR) is 106 cm³/mol. The van der Waals surface area contributed by atoms with E-state index in [2.05, 4.69) is 17.3 Å². The average molecular weight is 411 g/mol. The van der Waals surface area contributed by atoms with Gasteiger partial charge in [-0.05, 0) is 45.2 Å². The molecule has 2 unspecified atom stereocenters. The molecule has 1 aliphatic heterocycles. The van der Waals surface area contributed by atoms with Crippen LogP contribution in [0.1, 0.15) is 44.0 Å². The number of aromatic nitrogens is 2. The van der Waals surface area contributed by atoms with Gasteiger partial charge in [-0.3, -0.25) is 4.79 Å². The highest BCUT2D eigenvalue weighted by Gasteiger charge is 2.34. The van der Waals surface area contributed by atoms with Crippen LogP contribution < -0.4 is 5.32 Å². The van der Waals surface area contributed by atoms with Gasteiger partial charge in [0.05, 0.1) is 18.2 Å². The van der Waals surface area contributed by atoms with E-state index in [0.717, 1.165) is 11.3 Å². The van der Waals surface area contributed by atoms with Crippen LogP contribution in [0.2, 0.25) is 0 Å². The maximum absolute atomic E-state index is 12.9. The summed E-state index contributed by atoms with van der Waals surface area (Å²) in [5.41, 5.74) is 0. The lowest BCUT2D eigenvalue weighted by molar-refractivity contribution is -0.120. The van der Waals surface area contributed by atoms with Crippen molar-refractivity contribution in [3.05, 3.63) is 29.3 Å². The smallest absolute Gasteiger partial charge is 0.252 e. The van der Waals surface area contributed by atoms with Gasteiger partial charge >= 0.3 is 0 Å². The normalized spacial score (nSPS) is 19.7. The van der Waals surface area contributed by atoms with Crippen LogP contribution >= 0.6 is 11.3 Å². The number of rotatable bonds is 6. The average Bonchev–Trinajstić information content (AvgIpc) is 3.30. The Hall–Kier alpha value is -1.71. The Morgan fingerprint density at radius 1 is 1.41 bits per heavy atom. The van der Waals surface area contributed by atoms with Crippen molar-refractivity contribution in [3.8, 4) is 0 Å². The standard InChI is InChI=1S/C18H26N4O3S2/c1-4-13(2)22-16(9-10-19-22)20-18(23)15-6-5-11-21(12-15)27(24,25)17-8-7-14(3)26-17/h7-10,13,15H,4-6,11-12H2,1-3H3,(H,20,23). The zero-order valence-corrected chi connectivity index (χ0v) is 17.5. The number of piperidine rings is 1. The second kappa shape index (κ2) is 8.12. The molecule has 0 aromatic carbocycles. The second-order valence-corrected chi connectivity index (χ2v) is 10.4. The van der Waals surface area contributed by atoms with Crippen LogP contribution in [0.5, 0.6) is 0 Å². The minimum Gasteiger partial charge on any atom is -0.311 e. The van der Waals surface area contributed by atoms with E-state index >= 15 is 0 Å². The fourth-order valence-corrected chi connectivity index (χ4v) is 6.18. The molecule has 0 aliphatic carbocycles. The second-order valence-electron chi connectivity index (χ2n) is 6.97. The molecule has 1 amide bonds. The van der Waals surface area contributed by atoms with Crippen molar-refractivity contribution in [1.29, 1.82) is 0 Å². The number of thiophene rings is 1. The Bertz CT molecular complexity index is 903. The summed E-state index contributed by atoms with van der Waals surface area (Å²) < 4.78 is 29.3. The van der Waals surface area contributed by atoms with E-state index in [1.807, 2.05) is 19.9 Å². The molecule has 9 heteroatoms. The van der Waals surface area contributed by atoms with Gasteiger partial charge in [-0.25, -0.2) is 13.1 Å². The fourth-order valence-electron chi connectivity index (χ4n) is 3.22. The van der Waals surface area contributed by atoms with E-state index in [9.17, 15) is 13.2 Å². The van der Waals surface area contributed by atoms with Crippen molar-refractivity contribution in [2.45, 2.75) is 50.3 Å². The molecule has 2 aromatic rings. The number of hydrogen-bond acceptors (Lipinski definition) is 5. The van der Waals surface area contributed by atoms with Crippen molar-refractivity contribution < 1.29 is 13.2 Å². The minimum absolute atomic E-state index is 0.151. The zero-order valence-electron chi connectivity index (χ0n) is 15.9. The number of nitrogens with one attached hydrogen (secondary N) is 1. The van der Waals surface area contributed by atoms with Crippen LogP contribution in [0.15, 0.2) is 28.6 Å².